The van der Waals surface area contributed by atoms with Gasteiger partial charge in [-0.3, -0.25) is 14.7 Å². The van der Waals surface area contributed by atoms with Crippen molar-refractivity contribution in [3.8, 4) is 0 Å². The van der Waals surface area contributed by atoms with Gasteiger partial charge in [0.05, 0.1) is 12.2 Å². The number of nitrogens with zero attached hydrogens (tertiary/aromatic N) is 3. The zero-order valence-electron chi connectivity index (χ0n) is 19.8. The summed E-state index contributed by atoms with van der Waals surface area (Å²) in [5, 5.41) is 3.42. The average Bonchev–Trinajstić information content (AvgIpc) is 3.01. The summed E-state index contributed by atoms with van der Waals surface area (Å²) in [5.41, 5.74) is 3.85. The van der Waals surface area contributed by atoms with Gasteiger partial charge in [-0.2, -0.15) is 0 Å². The van der Waals surface area contributed by atoms with E-state index in [0.29, 0.717) is 25.6 Å². The van der Waals surface area contributed by atoms with Crippen LogP contribution in [0.4, 0.5) is 10.1 Å². The first-order chi connectivity index (χ1) is 15.2. The molecule has 6 nitrogen and oxygen atoms in total. The molecule has 0 saturated carbocycles. The van der Waals surface area contributed by atoms with Crippen molar-refractivity contribution in [1.82, 2.24) is 15.2 Å². The number of fused-ring (bicyclic) bond motifs is 1. The third-order valence-electron chi connectivity index (χ3n) is 5.92. The van der Waals surface area contributed by atoms with E-state index in [1.165, 1.54) is 12.1 Å². The Kier molecular flexibility index (Phi) is 7.98. The summed E-state index contributed by atoms with van der Waals surface area (Å²) < 4.78 is 17.4. The van der Waals surface area contributed by atoms with Gasteiger partial charge >= 0.3 is 0 Å². The molecule has 1 aromatic carbocycles. The van der Waals surface area contributed by atoms with Gasteiger partial charge in [0, 0.05) is 75.7 Å². The Balaban J connectivity index is 0.000000913. The molecule has 0 bridgehead atoms. The van der Waals surface area contributed by atoms with Crippen LogP contribution in [0.25, 0.3) is 0 Å². The molecule has 3 heterocycles. The number of anilines is 1. The predicted molar refractivity (Wildman–Crippen MR) is 126 cm³/mol. The fourth-order valence-electron chi connectivity index (χ4n) is 4.36. The number of amides is 1. The number of methoxy groups -OCH3 is 1. The lowest BCUT2D eigenvalue weighted by atomic mass is 9.88. The molecule has 174 valence electrons. The van der Waals surface area contributed by atoms with Crippen LogP contribution in [0.1, 0.15) is 37.6 Å². The Morgan fingerprint density at radius 3 is 2.62 bits per heavy atom. The molecular formula is C25H35FN4O2. The molecule has 0 radical (unpaired) electrons. The first-order valence-electron chi connectivity index (χ1n) is 11.1. The van der Waals surface area contributed by atoms with Crippen LogP contribution in [0.3, 0.4) is 0 Å². The summed E-state index contributed by atoms with van der Waals surface area (Å²) in [6, 6.07) is 8.94. The number of carbonyl (C=O) groups is 1. The van der Waals surface area contributed by atoms with E-state index in [-0.39, 0.29) is 17.1 Å². The highest BCUT2D eigenvalue weighted by Crippen LogP contribution is 2.40. The number of rotatable bonds is 4. The van der Waals surface area contributed by atoms with Gasteiger partial charge in [0.1, 0.15) is 5.82 Å². The fraction of sp³-hybridized carbons (Fsp3) is 0.520. The standard InChI is InChI=1S/C23H29FN4O.C2H6O/c1-16-13-27(9-8-25-16)14-22(29)28-15-23(2,3)20-12-26-19(11-21(20)28)10-17-4-6-18(24)7-5-17;1-3-2/h4-7,11-12,16,25H,8-10,13-15H2,1-3H3;1-2H3. The average molecular weight is 443 g/mol. The molecule has 1 fully saturated rings. The molecule has 32 heavy (non-hydrogen) atoms. The van der Waals surface area contributed by atoms with Crippen molar-refractivity contribution in [3.63, 3.8) is 0 Å². The number of aromatic nitrogens is 1. The highest BCUT2D eigenvalue weighted by atomic mass is 19.1. The Bertz CT molecular complexity index is 917. The van der Waals surface area contributed by atoms with E-state index in [4.69, 9.17) is 0 Å². The monoisotopic (exact) mass is 442 g/mol. The summed E-state index contributed by atoms with van der Waals surface area (Å²) in [6.07, 6.45) is 2.53. The SMILES string of the molecule is CC1CN(CC(=O)N2CC(C)(C)c3cnc(Cc4ccc(F)cc4)cc32)CCN1.COC. The Morgan fingerprint density at radius 2 is 1.97 bits per heavy atom. The number of benzene rings is 1. The van der Waals surface area contributed by atoms with Gasteiger partial charge in [-0.15, -0.1) is 0 Å². The summed E-state index contributed by atoms with van der Waals surface area (Å²) in [7, 11) is 3.25. The first-order valence-corrected chi connectivity index (χ1v) is 11.1. The van der Waals surface area contributed by atoms with E-state index >= 15 is 0 Å². The zero-order chi connectivity index (χ0) is 23.3. The van der Waals surface area contributed by atoms with E-state index in [9.17, 15) is 9.18 Å². The molecule has 1 unspecified atom stereocenters. The number of ether oxygens (including phenoxy) is 1. The number of pyridine rings is 1. The van der Waals surface area contributed by atoms with Gasteiger partial charge in [0.2, 0.25) is 5.91 Å². The molecule has 7 heteroatoms. The van der Waals surface area contributed by atoms with Crippen molar-refractivity contribution in [1.29, 1.82) is 0 Å². The Morgan fingerprint density at radius 1 is 1.28 bits per heavy atom. The van der Waals surface area contributed by atoms with Crippen molar-refractivity contribution >= 4 is 11.6 Å². The molecule has 2 aliphatic rings. The quantitative estimate of drug-likeness (QED) is 0.789. The topological polar surface area (TPSA) is 57.7 Å². The second-order valence-corrected chi connectivity index (χ2v) is 9.36. The minimum atomic E-state index is -0.239. The minimum absolute atomic E-state index is 0.122. The summed E-state index contributed by atoms with van der Waals surface area (Å²) in [6.45, 7) is 10.3. The van der Waals surface area contributed by atoms with Crippen molar-refractivity contribution < 1.29 is 13.9 Å². The summed E-state index contributed by atoms with van der Waals surface area (Å²) >= 11 is 0. The minimum Gasteiger partial charge on any atom is -0.388 e. The van der Waals surface area contributed by atoms with Crippen LogP contribution < -0.4 is 10.2 Å². The molecular weight excluding hydrogens is 407 g/mol. The number of hydrogen-bond donors (Lipinski definition) is 1. The van der Waals surface area contributed by atoms with Gasteiger partial charge in [0.25, 0.3) is 0 Å². The molecule has 1 amide bonds. The zero-order valence-corrected chi connectivity index (χ0v) is 19.8. The lowest BCUT2D eigenvalue weighted by Gasteiger charge is -2.32. The third kappa shape index (κ3) is 5.91. The number of hydrogen-bond acceptors (Lipinski definition) is 5. The van der Waals surface area contributed by atoms with Gasteiger partial charge < -0.3 is 15.0 Å². The molecule has 0 spiro atoms. The second-order valence-electron chi connectivity index (χ2n) is 9.36. The molecule has 2 aliphatic heterocycles. The summed E-state index contributed by atoms with van der Waals surface area (Å²) in [5.74, 6) is -0.0960. The van der Waals surface area contributed by atoms with E-state index < -0.39 is 0 Å². The van der Waals surface area contributed by atoms with E-state index in [1.54, 1.807) is 26.4 Å². The maximum Gasteiger partial charge on any atom is 0.241 e. The lowest BCUT2D eigenvalue weighted by Crippen LogP contribution is -2.52. The Hall–Kier alpha value is -2.35. The molecule has 1 N–H and O–H groups in total. The van der Waals surface area contributed by atoms with Crippen LogP contribution in [-0.4, -0.2) is 68.8 Å². The molecule has 0 aliphatic carbocycles. The number of piperazine rings is 1. The van der Waals surface area contributed by atoms with Gasteiger partial charge in [-0.25, -0.2) is 4.39 Å². The van der Waals surface area contributed by atoms with Crippen molar-refractivity contribution in [3.05, 3.63) is 59.2 Å². The van der Waals surface area contributed by atoms with E-state index in [1.807, 2.05) is 17.2 Å². The van der Waals surface area contributed by atoms with Crippen LogP contribution in [0, 0.1) is 5.82 Å². The predicted octanol–water partition coefficient (Wildman–Crippen LogP) is 2.99. The van der Waals surface area contributed by atoms with Crippen molar-refractivity contribution in [2.24, 2.45) is 0 Å². The first kappa shape index (κ1) is 24.3. The number of nitrogens with one attached hydrogen (secondary N) is 1. The van der Waals surface area contributed by atoms with Crippen molar-refractivity contribution in [2.45, 2.75) is 38.6 Å². The van der Waals surface area contributed by atoms with E-state index in [0.717, 1.165) is 42.1 Å². The maximum atomic E-state index is 13.2. The number of carbonyl (C=O) groups excluding carboxylic acids is 1. The maximum absolute atomic E-state index is 13.2. The van der Waals surface area contributed by atoms with Crippen LogP contribution in [-0.2, 0) is 21.4 Å². The third-order valence-corrected chi connectivity index (χ3v) is 5.92. The van der Waals surface area contributed by atoms with Crippen LogP contribution in [0.2, 0.25) is 0 Å². The smallest absolute Gasteiger partial charge is 0.241 e. The van der Waals surface area contributed by atoms with Crippen LogP contribution in [0.15, 0.2) is 36.5 Å². The second kappa shape index (κ2) is 10.5. The molecule has 1 atom stereocenters. The highest BCUT2D eigenvalue weighted by Gasteiger charge is 2.39. The van der Waals surface area contributed by atoms with Gasteiger partial charge in [0.15, 0.2) is 0 Å². The lowest BCUT2D eigenvalue weighted by molar-refractivity contribution is -0.120. The normalized spacial score (nSPS) is 19.8. The van der Waals surface area contributed by atoms with Crippen molar-refractivity contribution in [2.75, 3.05) is 51.8 Å². The highest BCUT2D eigenvalue weighted by molar-refractivity contribution is 5.97. The molecule has 2 aromatic rings. The summed E-state index contributed by atoms with van der Waals surface area (Å²) in [4.78, 5) is 22.0. The van der Waals surface area contributed by atoms with E-state index in [2.05, 4.69) is 40.7 Å². The molecule has 1 saturated heterocycles. The number of halogens is 1. The van der Waals surface area contributed by atoms with Crippen LogP contribution >= 0.6 is 0 Å². The largest absolute Gasteiger partial charge is 0.388 e. The fourth-order valence-corrected chi connectivity index (χ4v) is 4.36. The molecule has 4 rings (SSSR count). The van der Waals surface area contributed by atoms with Gasteiger partial charge in [-0.1, -0.05) is 26.0 Å². The van der Waals surface area contributed by atoms with Gasteiger partial charge in [-0.05, 0) is 30.7 Å². The van der Waals surface area contributed by atoms with Crippen LogP contribution in [0.5, 0.6) is 0 Å². The molecule has 1 aromatic heterocycles. The Labute approximate surface area is 190 Å².